The molecule has 0 saturated carbocycles. The lowest BCUT2D eigenvalue weighted by molar-refractivity contribution is 0.0962. The van der Waals surface area contributed by atoms with E-state index in [0.29, 0.717) is 22.9 Å². The van der Waals surface area contributed by atoms with Crippen LogP contribution in [0.5, 0.6) is 0 Å². The van der Waals surface area contributed by atoms with Gasteiger partial charge < -0.3 is 10.6 Å². The lowest BCUT2D eigenvalue weighted by Crippen LogP contribution is -2.31. The number of aromatic nitrogens is 3. The number of hydrogen-bond donors (Lipinski definition) is 3. The fourth-order valence-electron chi connectivity index (χ4n) is 2.35. The molecule has 114 valence electrons. The number of anilines is 3. The first kappa shape index (κ1) is 14.1. The van der Waals surface area contributed by atoms with Crippen molar-refractivity contribution < 1.29 is 4.79 Å². The van der Waals surface area contributed by atoms with Crippen LogP contribution in [-0.4, -0.2) is 33.9 Å². The van der Waals surface area contributed by atoms with Gasteiger partial charge >= 0.3 is 0 Å². The molecule has 0 aliphatic carbocycles. The van der Waals surface area contributed by atoms with Crippen LogP contribution < -0.4 is 21.5 Å². The molecule has 8 heteroatoms. The van der Waals surface area contributed by atoms with E-state index in [1.54, 1.807) is 18.3 Å². The summed E-state index contributed by atoms with van der Waals surface area (Å²) in [4.78, 5) is 26.3. The van der Waals surface area contributed by atoms with Crippen LogP contribution in [0.2, 0.25) is 0 Å². The van der Waals surface area contributed by atoms with Gasteiger partial charge in [-0.1, -0.05) is 0 Å². The summed E-state index contributed by atoms with van der Waals surface area (Å²) < 4.78 is 0. The van der Waals surface area contributed by atoms with Crippen LogP contribution in [0.15, 0.2) is 30.9 Å². The third kappa shape index (κ3) is 2.90. The van der Waals surface area contributed by atoms with Crippen molar-refractivity contribution in [2.24, 2.45) is 0 Å². The van der Waals surface area contributed by atoms with Crippen LogP contribution in [0.4, 0.5) is 17.3 Å². The second-order valence-electron chi connectivity index (χ2n) is 4.97. The fraction of sp³-hybridized carbons (Fsp3) is 0.286. The van der Waals surface area contributed by atoms with Gasteiger partial charge in [-0.3, -0.25) is 20.6 Å². The van der Waals surface area contributed by atoms with Crippen molar-refractivity contribution >= 4 is 23.2 Å². The number of pyridine rings is 1. The first-order valence-electron chi connectivity index (χ1n) is 7.07. The molecule has 1 amide bonds. The van der Waals surface area contributed by atoms with E-state index in [4.69, 9.17) is 5.73 Å². The summed E-state index contributed by atoms with van der Waals surface area (Å²) in [7, 11) is 0. The van der Waals surface area contributed by atoms with Crippen molar-refractivity contribution in [2.45, 2.75) is 12.8 Å². The molecule has 3 rings (SSSR count). The van der Waals surface area contributed by atoms with E-state index in [1.165, 1.54) is 12.5 Å². The first-order valence-corrected chi connectivity index (χ1v) is 7.07. The summed E-state index contributed by atoms with van der Waals surface area (Å²) in [6.45, 7) is 1.87. The monoisotopic (exact) mass is 299 g/mol. The van der Waals surface area contributed by atoms with Crippen LogP contribution in [0.3, 0.4) is 0 Å². The number of hydrogen-bond acceptors (Lipinski definition) is 7. The van der Waals surface area contributed by atoms with E-state index in [-0.39, 0.29) is 5.91 Å². The minimum absolute atomic E-state index is 0.311. The number of hydrazine groups is 1. The van der Waals surface area contributed by atoms with Crippen molar-refractivity contribution in [1.29, 1.82) is 0 Å². The van der Waals surface area contributed by atoms with Gasteiger partial charge in [0.1, 0.15) is 12.0 Å². The van der Waals surface area contributed by atoms with Gasteiger partial charge in [-0.15, -0.1) is 0 Å². The smallest absolute Gasteiger partial charge is 0.271 e. The van der Waals surface area contributed by atoms with Crippen LogP contribution in [-0.2, 0) is 0 Å². The van der Waals surface area contributed by atoms with Crippen molar-refractivity contribution in [2.75, 3.05) is 29.1 Å². The Morgan fingerprint density at radius 2 is 2.09 bits per heavy atom. The minimum atomic E-state index is -0.311. The average molecular weight is 299 g/mol. The molecule has 3 heterocycles. The molecule has 0 spiro atoms. The average Bonchev–Trinajstić information content (AvgIpc) is 3.08. The number of carbonyl (C=O) groups is 1. The van der Waals surface area contributed by atoms with Crippen molar-refractivity contribution in [3.63, 3.8) is 0 Å². The van der Waals surface area contributed by atoms with Gasteiger partial charge in [0.05, 0.1) is 5.56 Å². The third-order valence-electron chi connectivity index (χ3n) is 3.49. The number of nitrogens with one attached hydrogen (secondary N) is 2. The van der Waals surface area contributed by atoms with Gasteiger partial charge in [0, 0.05) is 25.5 Å². The highest BCUT2D eigenvalue weighted by Crippen LogP contribution is 2.28. The predicted octanol–water partition coefficient (Wildman–Crippen LogP) is 0.811. The second kappa shape index (κ2) is 6.25. The number of nitrogens with zero attached hydrogens (tertiary/aromatic N) is 4. The molecule has 8 nitrogen and oxygen atoms in total. The number of carbonyl (C=O) groups excluding carboxylic acids is 1. The Morgan fingerprint density at radius 3 is 2.82 bits per heavy atom. The molecule has 1 aliphatic heterocycles. The maximum atomic E-state index is 12.0. The van der Waals surface area contributed by atoms with E-state index in [0.717, 1.165) is 25.9 Å². The molecule has 0 bridgehead atoms. The van der Waals surface area contributed by atoms with Crippen molar-refractivity contribution in [3.05, 3.63) is 36.4 Å². The largest absolute Gasteiger partial charge is 0.393 e. The summed E-state index contributed by atoms with van der Waals surface area (Å²) in [5.74, 6) is 0.772. The molecule has 22 heavy (non-hydrogen) atoms. The SMILES string of the molecule is Nc1c(NNC(=O)c2cccnc2)ncnc1N1CCCC1. The number of rotatable bonds is 4. The highest BCUT2D eigenvalue weighted by atomic mass is 16.2. The lowest BCUT2D eigenvalue weighted by Gasteiger charge is -2.19. The van der Waals surface area contributed by atoms with Gasteiger partial charge in [-0.05, 0) is 25.0 Å². The highest BCUT2D eigenvalue weighted by molar-refractivity contribution is 5.94. The molecule has 1 saturated heterocycles. The molecule has 0 atom stereocenters. The summed E-state index contributed by atoms with van der Waals surface area (Å²) in [5.41, 5.74) is 12.3. The van der Waals surface area contributed by atoms with Crippen molar-refractivity contribution in [3.8, 4) is 0 Å². The van der Waals surface area contributed by atoms with Crippen molar-refractivity contribution in [1.82, 2.24) is 20.4 Å². The fourth-order valence-corrected chi connectivity index (χ4v) is 2.35. The highest BCUT2D eigenvalue weighted by Gasteiger charge is 2.18. The predicted molar refractivity (Wildman–Crippen MR) is 83.2 cm³/mol. The molecular formula is C14H17N7O. The minimum Gasteiger partial charge on any atom is -0.393 e. The Bertz CT molecular complexity index is 655. The molecule has 1 aliphatic rings. The van der Waals surface area contributed by atoms with Crippen LogP contribution in [0.1, 0.15) is 23.2 Å². The van der Waals surface area contributed by atoms with E-state index in [2.05, 4.69) is 30.7 Å². The molecular weight excluding hydrogens is 282 g/mol. The normalized spacial score (nSPS) is 13.9. The van der Waals surface area contributed by atoms with E-state index >= 15 is 0 Å². The molecule has 0 unspecified atom stereocenters. The quantitative estimate of drug-likeness (QED) is 0.717. The van der Waals surface area contributed by atoms with Gasteiger partial charge in [-0.25, -0.2) is 9.97 Å². The zero-order valence-corrected chi connectivity index (χ0v) is 12.0. The zero-order chi connectivity index (χ0) is 15.4. The van der Waals surface area contributed by atoms with Gasteiger partial charge in [-0.2, -0.15) is 0 Å². The Balaban J connectivity index is 1.70. The topological polar surface area (TPSA) is 109 Å². The Hall–Kier alpha value is -2.90. The second-order valence-corrected chi connectivity index (χ2v) is 4.97. The molecule has 2 aromatic rings. The van der Waals surface area contributed by atoms with Gasteiger partial charge in [0.2, 0.25) is 0 Å². The van der Waals surface area contributed by atoms with E-state index < -0.39 is 0 Å². The molecule has 0 radical (unpaired) electrons. The molecule has 2 aromatic heterocycles. The number of nitrogens with two attached hydrogens (primary N) is 1. The standard InChI is InChI=1S/C14H17N7O/c15-11-12(17-9-18-13(11)21-6-1-2-7-21)19-20-14(22)10-4-3-5-16-8-10/h3-5,8-9H,1-2,6-7,15H2,(H,20,22)(H,17,18,19). The summed E-state index contributed by atoms with van der Waals surface area (Å²) >= 11 is 0. The van der Waals surface area contributed by atoms with E-state index in [1.807, 2.05) is 0 Å². The molecule has 0 aromatic carbocycles. The van der Waals surface area contributed by atoms with Crippen LogP contribution in [0.25, 0.3) is 0 Å². The van der Waals surface area contributed by atoms with Crippen LogP contribution >= 0.6 is 0 Å². The first-order chi connectivity index (χ1) is 10.8. The van der Waals surface area contributed by atoms with Crippen LogP contribution in [0, 0.1) is 0 Å². The van der Waals surface area contributed by atoms with Gasteiger partial charge in [0.25, 0.3) is 5.91 Å². The summed E-state index contributed by atoms with van der Waals surface area (Å²) in [5, 5.41) is 0. The maximum absolute atomic E-state index is 12.0. The van der Waals surface area contributed by atoms with Gasteiger partial charge in [0.15, 0.2) is 11.6 Å². The Labute approximate surface area is 127 Å². The Morgan fingerprint density at radius 1 is 1.27 bits per heavy atom. The lowest BCUT2D eigenvalue weighted by atomic mass is 10.3. The zero-order valence-electron chi connectivity index (χ0n) is 12.0. The van der Waals surface area contributed by atoms with E-state index in [9.17, 15) is 4.79 Å². The third-order valence-corrected chi connectivity index (χ3v) is 3.49. The number of nitrogen functional groups attached to an aromatic ring is 1. The summed E-state index contributed by atoms with van der Waals surface area (Å²) in [6.07, 6.45) is 6.78. The maximum Gasteiger partial charge on any atom is 0.271 e. The molecule has 1 fully saturated rings. The Kier molecular flexibility index (Phi) is 3.99. The molecule has 4 N–H and O–H groups in total. The number of amides is 1. The summed E-state index contributed by atoms with van der Waals surface area (Å²) in [6, 6.07) is 3.36.